The van der Waals surface area contributed by atoms with Gasteiger partial charge in [-0.2, -0.15) is 5.10 Å². The quantitative estimate of drug-likeness (QED) is 0.846. The van der Waals surface area contributed by atoms with Crippen molar-refractivity contribution in [1.82, 2.24) is 9.78 Å². The Kier molecular flexibility index (Phi) is 3.93. The van der Waals surface area contributed by atoms with E-state index in [-0.39, 0.29) is 28.5 Å². The van der Waals surface area contributed by atoms with Crippen LogP contribution >= 0.6 is 23.2 Å². The van der Waals surface area contributed by atoms with Crippen molar-refractivity contribution in [1.29, 1.82) is 0 Å². The summed E-state index contributed by atoms with van der Waals surface area (Å²) in [5.74, 6) is -0.203. The van der Waals surface area contributed by atoms with E-state index in [1.807, 2.05) is 31.2 Å². The molecule has 3 rings (SSSR count). The lowest BCUT2D eigenvalue weighted by molar-refractivity contribution is -0.119. The molecule has 5 nitrogen and oxygen atoms in total. The van der Waals surface area contributed by atoms with Crippen LogP contribution in [0.4, 0.5) is 5.69 Å². The Bertz CT molecular complexity index is 804. The number of benzene rings is 1. The molecule has 1 atom stereocenters. The molecular formula is C15H13Cl2N3O2. The van der Waals surface area contributed by atoms with Gasteiger partial charge in [0.2, 0.25) is 5.91 Å². The molecule has 1 aromatic carbocycles. The normalized spacial score (nSPS) is 16.7. The fraction of sp³-hybridized carbons (Fsp3) is 0.267. The maximum absolute atomic E-state index is 12.6. The number of carbonyl (C=O) groups is 1. The number of hydrogen-bond donors (Lipinski definition) is 0. The minimum atomic E-state index is -0.567. The lowest BCUT2D eigenvalue weighted by atomic mass is 10.1. The van der Waals surface area contributed by atoms with Crippen molar-refractivity contribution in [2.45, 2.75) is 25.9 Å². The highest BCUT2D eigenvalue weighted by atomic mass is 35.5. The third kappa shape index (κ3) is 2.51. The molecular weight excluding hydrogens is 325 g/mol. The summed E-state index contributed by atoms with van der Waals surface area (Å²) < 4.78 is 1.03. The SMILES string of the molecule is C[C@@H]1Cc2ccccc2N1C(=O)Cn1ncc(Cl)c(Cl)c1=O. The molecule has 1 amide bonds. The standard InChI is InChI=1S/C15H13Cl2N3O2/c1-9-6-10-4-2-3-5-12(10)20(9)13(21)8-19-15(22)14(17)11(16)7-18-19/h2-5,7,9H,6,8H2,1H3/t9-/m1/s1. The third-order valence-corrected chi connectivity index (χ3v) is 4.45. The number of halogens is 2. The Hall–Kier alpha value is -1.85. The van der Waals surface area contributed by atoms with E-state index in [1.165, 1.54) is 6.20 Å². The van der Waals surface area contributed by atoms with E-state index in [1.54, 1.807) is 4.90 Å². The van der Waals surface area contributed by atoms with Gasteiger partial charge in [0.15, 0.2) is 0 Å². The number of para-hydroxylation sites is 1. The van der Waals surface area contributed by atoms with Crippen molar-refractivity contribution in [2.24, 2.45) is 0 Å². The van der Waals surface area contributed by atoms with E-state index >= 15 is 0 Å². The molecule has 0 spiro atoms. The van der Waals surface area contributed by atoms with Crippen LogP contribution in [0.2, 0.25) is 10.0 Å². The smallest absolute Gasteiger partial charge is 0.287 e. The summed E-state index contributed by atoms with van der Waals surface area (Å²) in [5.41, 5.74) is 1.44. The van der Waals surface area contributed by atoms with E-state index in [2.05, 4.69) is 5.10 Å². The van der Waals surface area contributed by atoms with Crippen molar-refractivity contribution in [2.75, 3.05) is 4.90 Å². The molecule has 0 saturated heterocycles. The molecule has 1 aliphatic rings. The van der Waals surface area contributed by atoms with Gasteiger partial charge in [0, 0.05) is 11.7 Å². The first-order chi connectivity index (χ1) is 10.5. The van der Waals surface area contributed by atoms with Crippen molar-refractivity contribution in [3.05, 3.63) is 56.4 Å². The van der Waals surface area contributed by atoms with E-state index < -0.39 is 5.56 Å². The maximum Gasteiger partial charge on any atom is 0.287 e. The minimum absolute atomic E-state index is 0.0448. The van der Waals surface area contributed by atoms with Gasteiger partial charge in [-0.1, -0.05) is 41.4 Å². The molecule has 1 aromatic heterocycles. The van der Waals surface area contributed by atoms with Crippen molar-refractivity contribution in [3.8, 4) is 0 Å². The van der Waals surface area contributed by atoms with Crippen LogP contribution in [-0.2, 0) is 17.8 Å². The first-order valence-corrected chi connectivity index (χ1v) is 7.55. The van der Waals surface area contributed by atoms with Gasteiger partial charge in [0.05, 0.1) is 11.2 Å². The number of aromatic nitrogens is 2. The number of rotatable bonds is 2. The Morgan fingerprint density at radius 1 is 1.36 bits per heavy atom. The summed E-state index contributed by atoms with van der Waals surface area (Å²) in [6.45, 7) is 1.80. The minimum Gasteiger partial charge on any atom is -0.307 e. The number of carbonyl (C=O) groups excluding carboxylic acids is 1. The summed E-state index contributed by atoms with van der Waals surface area (Å²) in [4.78, 5) is 26.3. The molecule has 114 valence electrons. The summed E-state index contributed by atoms with van der Waals surface area (Å²) in [6.07, 6.45) is 2.06. The van der Waals surface area contributed by atoms with Gasteiger partial charge in [-0.15, -0.1) is 0 Å². The fourth-order valence-electron chi connectivity index (χ4n) is 2.71. The molecule has 0 aliphatic carbocycles. The van der Waals surface area contributed by atoms with Gasteiger partial charge in [-0.25, -0.2) is 4.68 Å². The number of anilines is 1. The van der Waals surface area contributed by atoms with Gasteiger partial charge in [0.25, 0.3) is 5.56 Å². The number of amides is 1. The topological polar surface area (TPSA) is 55.2 Å². The van der Waals surface area contributed by atoms with Crippen LogP contribution < -0.4 is 10.5 Å². The Morgan fingerprint density at radius 3 is 2.86 bits per heavy atom. The molecule has 22 heavy (non-hydrogen) atoms. The molecule has 2 heterocycles. The van der Waals surface area contributed by atoms with Crippen LogP contribution in [0.1, 0.15) is 12.5 Å². The average Bonchev–Trinajstić information content (AvgIpc) is 2.83. The lowest BCUT2D eigenvalue weighted by Crippen LogP contribution is -2.40. The first kappa shape index (κ1) is 15.1. The van der Waals surface area contributed by atoms with E-state index in [0.717, 1.165) is 22.4 Å². The predicted octanol–water partition coefficient (Wildman–Crippen LogP) is 2.53. The van der Waals surface area contributed by atoms with Crippen LogP contribution in [0.5, 0.6) is 0 Å². The third-order valence-electron chi connectivity index (χ3n) is 3.70. The number of nitrogens with zero attached hydrogens (tertiary/aromatic N) is 3. The van der Waals surface area contributed by atoms with E-state index in [9.17, 15) is 9.59 Å². The summed E-state index contributed by atoms with van der Waals surface area (Å²) in [7, 11) is 0. The van der Waals surface area contributed by atoms with Gasteiger partial charge in [-0.05, 0) is 25.0 Å². The largest absolute Gasteiger partial charge is 0.307 e. The Labute approximate surface area is 137 Å². The lowest BCUT2D eigenvalue weighted by Gasteiger charge is -2.22. The van der Waals surface area contributed by atoms with Gasteiger partial charge >= 0.3 is 0 Å². The zero-order chi connectivity index (χ0) is 15.9. The molecule has 0 N–H and O–H groups in total. The highest BCUT2D eigenvalue weighted by Gasteiger charge is 2.30. The van der Waals surface area contributed by atoms with Crippen LogP contribution in [-0.4, -0.2) is 21.7 Å². The monoisotopic (exact) mass is 337 g/mol. The van der Waals surface area contributed by atoms with Crippen molar-refractivity contribution < 1.29 is 4.79 Å². The second-order valence-electron chi connectivity index (χ2n) is 5.21. The van der Waals surface area contributed by atoms with E-state index in [4.69, 9.17) is 23.2 Å². The molecule has 2 aromatic rings. The van der Waals surface area contributed by atoms with Crippen LogP contribution in [0, 0.1) is 0 Å². The maximum atomic E-state index is 12.6. The molecule has 0 unspecified atom stereocenters. The summed E-state index contributed by atoms with van der Waals surface area (Å²) in [6, 6.07) is 7.79. The Balaban J connectivity index is 1.90. The van der Waals surface area contributed by atoms with Gasteiger partial charge in [0.1, 0.15) is 11.6 Å². The van der Waals surface area contributed by atoms with Crippen LogP contribution in [0.25, 0.3) is 0 Å². The molecule has 0 fully saturated rings. The fourth-order valence-corrected chi connectivity index (χ4v) is 2.98. The number of hydrogen-bond acceptors (Lipinski definition) is 3. The number of fused-ring (bicyclic) bond motifs is 1. The van der Waals surface area contributed by atoms with Crippen molar-refractivity contribution >= 4 is 34.8 Å². The van der Waals surface area contributed by atoms with Crippen LogP contribution in [0.15, 0.2) is 35.3 Å². The molecule has 1 aliphatic heterocycles. The zero-order valence-electron chi connectivity index (χ0n) is 11.8. The summed E-state index contributed by atoms with van der Waals surface area (Å²) >= 11 is 11.5. The highest BCUT2D eigenvalue weighted by molar-refractivity contribution is 6.41. The van der Waals surface area contributed by atoms with Crippen molar-refractivity contribution in [3.63, 3.8) is 0 Å². The molecule has 0 saturated carbocycles. The average molecular weight is 338 g/mol. The van der Waals surface area contributed by atoms with Gasteiger partial charge in [-0.3, -0.25) is 9.59 Å². The second kappa shape index (κ2) is 5.74. The van der Waals surface area contributed by atoms with E-state index in [0.29, 0.717) is 0 Å². The molecule has 0 bridgehead atoms. The zero-order valence-corrected chi connectivity index (χ0v) is 13.3. The van der Waals surface area contributed by atoms with Crippen LogP contribution in [0.3, 0.4) is 0 Å². The molecule has 7 heteroatoms. The Morgan fingerprint density at radius 2 is 2.09 bits per heavy atom. The predicted molar refractivity (Wildman–Crippen MR) is 85.6 cm³/mol. The highest BCUT2D eigenvalue weighted by Crippen LogP contribution is 2.31. The first-order valence-electron chi connectivity index (χ1n) is 6.80. The second-order valence-corrected chi connectivity index (χ2v) is 6.00. The molecule has 0 radical (unpaired) electrons. The summed E-state index contributed by atoms with van der Waals surface area (Å²) in [5, 5.41) is 3.82. The van der Waals surface area contributed by atoms with Gasteiger partial charge < -0.3 is 4.90 Å².